The van der Waals surface area contributed by atoms with Crippen LogP contribution in [0.1, 0.15) is 21.5 Å². The maximum Gasteiger partial charge on any atom is 0.338 e. The lowest BCUT2D eigenvalue weighted by Crippen LogP contribution is -2.08. The fraction of sp³-hybridized carbons (Fsp3) is 0.111. The predicted octanol–water partition coefficient (Wildman–Crippen LogP) is 4.67. The van der Waals surface area contributed by atoms with E-state index in [0.717, 1.165) is 11.6 Å². The summed E-state index contributed by atoms with van der Waals surface area (Å²) in [7, 11) is 0. The van der Waals surface area contributed by atoms with E-state index >= 15 is 0 Å². The summed E-state index contributed by atoms with van der Waals surface area (Å²) in [5, 5.41) is 11.8. The molecule has 3 aromatic rings. The van der Waals surface area contributed by atoms with Crippen molar-refractivity contribution in [2.24, 2.45) is 0 Å². The lowest BCUT2D eigenvalue weighted by Gasteiger charge is -2.09. The molecule has 7 nitrogen and oxygen atoms in total. The molecule has 2 aromatic carbocycles. The van der Waals surface area contributed by atoms with Crippen molar-refractivity contribution in [2.45, 2.75) is 13.5 Å². The third kappa shape index (κ3) is 3.94. The van der Waals surface area contributed by atoms with Gasteiger partial charge in [0, 0.05) is 28.1 Å². The van der Waals surface area contributed by atoms with Crippen molar-refractivity contribution in [3.05, 3.63) is 83.7 Å². The Labute approximate surface area is 162 Å². The number of esters is 1. The first-order chi connectivity index (χ1) is 12.8. The van der Waals surface area contributed by atoms with Gasteiger partial charge in [0.1, 0.15) is 17.2 Å². The van der Waals surface area contributed by atoms with Crippen molar-refractivity contribution < 1.29 is 18.9 Å². The zero-order chi connectivity index (χ0) is 19.7. The zero-order valence-corrected chi connectivity index (χ0v) is 15.3. The van der Waals surface area contributed by atoms with Crippen molar-refractivity contribution >= 4 is 45.8 Å². The van der Waals surface area contributed by atoms with Crippen LogP contribution in [0.2, 0.25) is 10.0 Å². The summed E-state index contributed by atoms with van der Waals surface area (Å²) in [5.74, 6) is -0.797. The van der Waals surface area contributed by atoms with Gasteiger partial charge in [-0.1, -0.05) is 23.2 Å². The third-order valence-electron chi connectivity index (χ3n) is 3.85. The molecule has 0 amide bonds. The fourth-order valence-electron chi connectivity index (χ4n) is 2.47. The average Bonchev–Trinajstić information content (AvgIpc) is 2.61. The van der Waals surface area contributed by atoms with Gasteiger partial charge in [0.05, 0.1) is 10.5 Å². The van der Waals surface area contributed by atoms with Gasteiger partial charge in [-0.15, -0.1) is 0 Å². The summed E-state index contributed by atoms with van der Waals surface area (Å²) in [6, 6.07) is 8.02. The minimum atomic E-state index is -0.797. The van der Waals surface area contributed by atoms with E-state index < -0.39 is 22.2 Å². The summed E-state index contributed by atoms with van der Waals surface area (Å²) >= 11 is 11.8. The maximum atomic E-state index is 12.2. The number of nitro benzene ring substituents is 1. The van der Waals surface area contributed by atoms with E-state index in [-0.39, 0.29) is 17.2 Å². The minimum Gasteiger partial charge on any atom is -0.457 e. The van der Waals surface area contributed by atoms with Crippen molar-refractivity contribution in [1.82, 2.24) is 0 Å². The van der Waals surface area contributed by atoms with Gasteiger partial charge >= 0.3 is 11.6 Å². The number of nitro groups is 1. The number of rotatable bonds is 4. The van der Waals surface area contributed by atoms with Gasteiger partial charge in [-0.2, -0.15) is 0 Å². The van der Waals surface area contributed by atoms with E-state index in [1.807, 2.05) is 0 Å². The second-order valence-corrected chi connectivity index (χ2v) is 6.50. The average molecular weight is 408 g/mol. The molecule has 138 valence electrons. The first-order valence-electron chi connectivity index (χ1n) is 7.60. The van der Waals surface area contributed by atoms with Crippen molar-refractivity contribution in [3.63, 3.8) is 0 Å². The summed E-state index contributed by atoms with van der Waals surface area (Å²) in [4.78, 5) is 34.2. The highest BCUT2D eigenvalue weighted by Gasteiger charge is 2.18. The highest BCUT2D eigenvalue weighted by molar-refractivity contribution is 6.32. The van der Waals surface area contributed by atoms with E-state index in [2.05, 4.69) is 0 Å². The van der Waals surface area contributed by atoms with Crippen LogP contribution in [0.25, 0.3) is 11.0 Å². The number of hydrogen-bond acceptors (Lipinski definition) is 6. The number of hydrogen-bond donors (Lipinski definition) is 0. The molecule has 0 saturated heterocycles. The first-order valence-corrected chi connectivity index (χ1v) is 8.36. The normalized spacial score (nSPS) is 10.8. The number of carbonyl (C=O) groups excluding carboxylic acids is 1. The molecular formula is C18H11Cl2NO6. The van der Waals surface area contributed by atoms with Gasteiger partial charge in [0.25, 0.3) is 5.69 Å². The van der Waals surface area contributed by atoms with Crippen LogP contribution in [0, 0.1) is 17.0 Å². The van der Waals surface area contributed by atoms with Crippen LogP contribution < -0.4 is 5.63 Å². The van der Waals surface area contributed by atoms with Crippen molar-refractivity contribution in [1.29, 1.82) is 0 Å². The second-order valence-electron chi connectivity index (χ2n) is 5.69. The molecular weight excluding hydrogens is 397 g/mol. The van der Waals surface area contributed by atoms with Gasteiger partial charge in [-0.3, -0.25) is 10.1 Å². The van der Waals surface area contributed by atoms with Crippen LogP contribution in [0.5, 0.6) is 0 Å². The molecule has 0 fully saturated rings. The van der Waals surface area contributed by atoms with E-state index in [1.165, 1.54) is 18.2 Å². The Morgan fingerprint density at radius 2 is 1.93 bits per heavy atom. The third-order valence-corrected chi connectivity index (χ3v) is 4.57. The van der Waals surface area contributed by atoms with Crippen molar-refractivity contribution in [2.75, 3.05) is 0 Å². The zero-order valence-electron chi connectivity index (χ0n) is 13.8. The number of fused-ring (bicyclic) bond motifs is 1. The molecule has 0 N–H and O–H groups in total. The van der Waals surface area contributed by atoms with E-state index in [1.54, 1.807) is 19.1 Å². The highest BCUT2D eigenvalue weighted by atomic mass is 35.5. The van der Waals surface area contributed by atoms with Crippen LogP contribution >= 0.6 is 23.2 Å². The molecule has 0 unspecified atom stereocenters. The molecule has 3 rings (SSSR count). The predicted molar refractivity (Wildman–Crippen MR) is 99.5 cm³/mol. The minimum absolute atomic E-state index is 0.0350. The Morgan fingerprint density at radius 3 is 2.63 bits per heavy atom. The highest BCUT2D eigenvalue weighted by Crippen LogP contribution is 2.27. The smallest absolute Gasteiger partial charge is 0.338 e. The molecule has 0 saturated carbocycles. The second kappa shape index (κ2) is 7.38. The fourth-order valence-corrected chi connectivity index (χ4v) is 2.82. The molecule has 27 heavy (non-hydrogen) atoms. The number of ether oxygens (including phenoxy) is 1. The van der Waals surface area contributed by atoms with E-state index in [9.17, 15) is 19.7 Å². The Balaban J connectivity index is 1.90. The SMILES string of the molecule is Cc1cc2oc(=O)cc(COC(=O)c3ccc(Cl)c([N+](=O)[O-])c3)c2cc1Cl. The Kier molecular flexibility index (Phi) is 5.16. The van der Waals surface area contributed by atoms with Gasteiger partial charge in [0.15, 0.2) is 0 Å². The van der Waals surface area contributed by atoms with Gasteiger partial charge < -0.3 is 9.15 Å². The monoisotopic (exact) mass is 407 g/mol. The summed E-state index contributed by atoms with van der Waals surface area (Å²) < 4.78 is 10.3. The molecule has 9 heteroatoms. The topological polar surface area (TPSA) is 99.7 Å². The molecule has 0 spiro atoms. The number of benzene rings is 2. The molecule has 0 aliphatic carbocycles. The Morgan fingerprint density at radius 1 is 1.19 bits per heavy atom. The van der Waals surface area contributed by atoms with Crippen LogP contribution in [-0.2, 0) is 11.3 Å². The molecule has 0 atom stereocenters. The van der Waals surface area contributed by atoms with Crippen molar-refractivity contribution in [3.8, 4) is 0 Å². The van der Waals surface area contributed by atoms with E-state index in [0.29, 0.717) is 21.6 Å². The maximum absolute atomic E-state index is 12.2. The van der Waals surface area contributed by atoms with Crippen LogP contribution in [0.4, 0.5) is 5.69 Å². The van der Waals surface area contributed by atoms with Crippen LogP contribution in [0.3, 0.4) is 0 Å². The summed E-state index contributed by atoms with van der Waals surface area (Å²) in [6.45, 7) is 1.53. The largest absolute Gasteiger partial charge is 0.457 e. The lowest BCUT2D eigenvalue weighted by molar-refractivity contribution is -0.384. The Bertz CT molecular complexity index is 1140. The standard InChI is InChI=1S/C18H11Cl2NO6/c1-9-4-16-12(7-14(9)20)11(6-17(22)27-16)8-26-18(23)10-2-3-13(19)15(5-10)21(24)25/h2-7H,8H2,1H3. The van der Waals surface area contributed by atoms with Crippen LogP contribution in [0.15, 0.2) is 45.6 Å². The Hall–Kier alpha value is -2.90. The number of nitrogens with zero attached hydrogens (tertiary/aromatic N) is 1. The molecule has 0 aliphatic rings. The van der Waals surface area contributed by atoms with Crippen LogP contribution in [-0.4, -0.2) is 10.9 Å². The molecule has 1 heterocycles. The van der Waals surface area contributed by atoms with Gasteiger partial charge in [-0.25, -0.2) is 9.59 Å². The quantitative estimate of drug-likeness (QED) is 0.269. The van der Waals surface area contributed by atoms with Gasteiger partial charge in [-0.05, 0) is 36.8 Å². The first kappa shape index (κ1) is 18.9. The molecule has 1 aromatic heterocycles. The molecule has 0 aliphatic heterocycles. The number of halogens is 2. The summed E-state index contributed by atoms with van der Waals surface area (Å²) in [5.41, 5.74) is 0.413. The number of aryl methyl sites for hydroxylation is 1. The van der Waals surface area contributed by atoms with Gasteiger partial charge in [0.2, 0.25) is 0 Å². The summed E-state index contributed by atoms with van der Waals surface area (Å²) in [6.07, 6.45) is 0. The van der Waals surface area contributed by atoms with E-state index in [4.69, 9.17) is 32.4 Å². The number of carbonyl (C=O) groups is 1. The lowest BCUT2D eigenvalue weighted by atomic mass is 10.1. The molecule has 0 bridgehead atoms. The molecule has 0 radical (unpaired) electrons.